The topological polar surface area (TPSA) is 30.5 Å². The highest BCUT2D eigenvalue weighted by Gasteiger charge is 2.28. The highest BCUT2D eigenvalue weighted by Crippen LogP contribution is 2.17. The van der Waals surface area contributed by atoms with Gasteiger partial charge in [0.2, 0.25) is 0 Å². The van der Waals surface area contributed by atoms with E-state index in [1.165, 1.54) is 5.56 Å². The molecule has 1 unspecified atom stereocenters. The first kappa shape index (κ1) is 12.4. The molecule has 94 valence electrons. The number of benzene rings is 1. The zero-order chi connectivity index (χ0) is 12.1. The van der Waals surface area contributed by atoms with Gasteiger partial charge in [0.1, 0.15) is 5.75 Å². The zero-order valence-corrected chi connectivity index (χ0v) is 10.7. The highest BCUT2D eigenvalue weighted by molar-refractivity contribution is 5.27. The fraction of sp³-hybridized carbons (Fsp3) is 0.571. The molecule has 1 aromatic rings. The molecule has 0 aromatic heterocycles. The van der Waals surface area contributed by atoms with Crippen LogP contribution in [0, 0.1) is 0 Å². The van der Waals surface area contributed by atoms with E-state index in [-0.39, 0.29) is 5.54 Å². The molecule has 0 radical (unpaired) electrons. The Labute approximate surface area is 103 Å². The summed E-state index contributed by atoms with van der Waals surface area (Å²) >= 11 is 0. The van der Waals surface area contributed by atoms with E-state index in [9.17, 15) is 0 Å². The lowest BCUT2D eigenvalue weighted by Crippen LogP contribution is -2.43. The number of nitrogens with one attached hydrogen (secondary N) is 1. The van der Waals surface area contributed by atoms with Crippen molar-refractivity contribution < 1.29 is 9.47 Å². The van der Waals surface area contributed by atoms with Crippen molar-refractivity contribution in [1.82, 2.24) is 5.32 Å². The van der Waals surface area contributed by atoms with Gasteiger partial charge in [-0.25, -0.2) is 0 Å². The first-order valence-electron chi connectivity index (χ1n) is 6.18. The summed E-state index contributed by atoms with van der Waals surface area (Å²) in [5.41, 5.74) is 1.51. The summed E-state index contributed by atoms with van der Waals surface area (Å²) in [5.74, 6) is 0.915. The average molecular weight is 235 g/mol. The van der Waals surface area contributed by atoms with Gasteiger partial charge in [-0.15, -0.1) is 0 Å². The van der Waals surface area contributed by atoms with Crippen LogP contribution in [0.5, 0.6) is 5.75 Å². The number of hydrogen-bond acceptors (Lipinski definition) is 3. The molecule has 2 rings (SSSR count). The van der Waals surface area contributed by atoms with Gasteiger partial charge in [-0.1, -0.05) is 12.1 Å². The molecular weight excluding hydrogens is 214 g/mol. The highest BCUT2D eigenvalue weighted by atomic mass is 16.5. The fourth-order valence-corrected chi connectivity index (χ4v) is 2.11. The Kier molecular flexibility index (Phi) is 4.02. The number of methoxy groups -OCH3 is 1. The third-order valence-corrected chi connectivity index (χ3v) is 3.34. The lowest BCUT2D eigenvalue weighted by atomic mass is 10.0. The molecule has 0 spiro atoms. The van der Waals surface area contributed by atoms with Crippen LogP contribution in [-0.2, 0) is 11.2 Å². The van der Waals surface area contributed by atoms with Crippen molar-refractivity contribution in [3.8, 4) is 5.75 Å². The van der Waals surface area contributed by atoms with E-state index in [0.717, 1.165) is 38.3 Å². The molecule has 1 aliphatic heterocycles. The Morgan fingerprint density at radius 2 is 2.12 bits per heavy atom. The SMILES string of the molecule is COc1ccc(CCNC2(C)CCOC2)cc1. The van der Waals surface area contributed by atoms with Gasteiger partial charge in [0, 0.05) is 12.1 Å². The summed E-state index contributed by atoms with van der Waals surface area (Å²) in [7, 11) is 1.69. The largest absolute Gasteiger partial charge is 0.497 e. The van der Waals surface area contributed by atoms with Gasteiger partial charge in [-0.3, -0.25) is 0 Å². The van der Waals surface area contributed by atoms with E-state index in [1.54, 1.807) is 7.11 Å². The molecule has 0 amide bonds. The second-order valence-electron chi connectivity index (χ2n) is 4.89. The third kappa shape index (κ3) is 3.45. The van der Waals surface area contributed by atoms with Gasteiger partial charge in [0.25, 0.3) is 0 Å². The predicted octanol–water partition coefficient (Wildman–Crippen LogP) is 2.01. The van der Waals surface area contributed by atoms with Crippen LogP contribution in [0.1, 0.15) is 18.9 Å². The Morgan fingerprint density at radius 1 is 1.35 bits per heavy atom. The molecule has 1 N–H and O–H groups in total. The monoisotopic (exact) mass is 235 g/mol. The fourth-order valence-electron chi connectivity index (χ4n) is 2.11. The van der Waals surface area contributed by atoms with Crippen LogP contribution in [0.2, 0.25) is 0 Å². The smallest absolute Gasteiger partial charge is 0.118 e. The minimum atomic E-state index is 0.173. The Morgan fingerprint density at radius 3 is 2.71 bits per heavy atom. The molecule has 1 fully saturated rings. The summed E-state index contributed by atoms with van der Waals surface area (Å²) in [6, 6.07) is 8.26. The lowest BCUT2D eigenvalue weighted by molar-refractivity contribution is 0.172. The quantitative estimate of drug-likeness (QED) is 0.847. The number of hydrogen-bond donors (Lipinski definition) is 1. The van der Waals surface area contributed by atoms with Crippen LogP contribution >= 0.6 is 0 Å². The average Bonchev–Trinajstić information content (AvgIpc) is 2.77. The Hall–Kier alpha value is -1.06. The maximum atomic E-state index is 5.41. The first-order valence-corrected chi connectivity index (χ1v) is 6.18. The van der Waals surface area contributed by atoms with Gasteiger partial charge in [0.15, 0.2) is 0 Å². The zero-order valence-electron chi connectivity index (χ0n) is 10.7. The van der Waals surface area contributed by atoms with Crippen LogP contribution in [0.3, 0.4) is 0 Å². The van der Waals surface area contributed by atoms with E-state index in [2.05, 4.69) is 24.4 Å². The molecule has 1 saturated heterocycles. The number of ether oxygens (including phenoxy) is 2. The van der Waals surface area contributed by atoms with Crippen LogP contribution < -0.4 is 10.1 Å². The van der Waals surface area contributed by atoms with Crippen molar-refractivity contribution in [2.24, 2.45) is 0 Å². The van der Waals surface area contributed by atoms with E-state index in [1.807, 2.05) is 12.1 Å². The van der Waals surface area contributed by atoms with E-state index in [4.69, 9.17) is 9.47 Å². The van der Waals surface area contributed by atoms with Gasteiger partial charge in [-0.05, 0) is 44.0 Å². The van der Waals surface area contributed by atoms with Crippen molar-refractivity contribution in [1.29, 1.82) is 0 Å². The maximum absolute atomic E-state index is 5.41. The van der Waals surface area contributed by atoms with Crippen molar-refractivity contribution in [2.75, 3.05) is 26.9 Å². The van der Waals surface area contributed by atoms with E-state index >= 15 is 0 Å². The normalized spacial score (nSPS) is 23.9. The second-order valence-corrected chi connectivity index (χ2v) is 4.89. The standard InChI is InChI=1S/C14H21NO2/c1-14(8-10-17-11-14)15-9-7-12-3-5-13(16-2)6-4-12/h3-6,15H,7-11H2,1-2H3. The number of rotatable bonds is 5. The Balaban J connectivity index is 1.77. The van der Waals surface area contributed by atoms with Gasteiger partial charge in [-0.2, -0.15) is 0 Å². The van der Waals surface area contributed by atoms with Crippen molar-refractivity contribution in [2.45, 2.75) is 25.3 Å². The van der Waals surface area contributed by atoms with Crippen LogP contribution in [0.4, 0.5) is 0 Å². The van der Waals surface area contributed by atoms with Crippen molar-refractivity contribution >= 4 is 0 Å². The molecule has 17 heavy (non-hydrogen) atoms. The molecule has 1 heterocycles. The van der Waals surface area contributed by atoms with E-state index < -0.39 is 0 Å². The van der Waals surface area contributed by atoms with Crippen LogP contribution in [0.15, 0.2) is 24.3 Å². The molecule has 1 aliphatic rings. The molecule has 3 heteroatoms. The summed E-state index contributed by atoms with van der Waals surface area (Å²) < 4.78 is 10.6. The molecule has 0 saturated carbocycles. The third-order valence-electron chi connectivity index (χ3n) is 3.34. The summed E-state index contributed by atoms with van der Waals surface area (Å²) in [4.78, 5) is 0. The molecule has 1 atom stereocenters. The minimum absolute atomic E-state index is 0.173. The summed E-state index contributed by atoms with van der Waals surface area (Å²) in [5, 5.41) is 3.58. The minimum Gasteiger partial charge on any atom is -0.497 e. The predicted molar refractivity (Wildman–Crippen MR) is 68.5 cm³/mol. The molecule has 0 aliphatic carbocycles. The Bertz CT molecular complexity index is 342. The molecular formula is C14H21NO2. The maximum Gasteiger partial charge on any atom is 0.118 e. The van der Waals surface area contributed by atoms with Gasteiger partial charge in [0.05, 0.1) is 13.7 Å². The molecule has 0 bridgehead atoms. The summed E-state index contributed by atoms with van der Waals surface area (Å²) in [6.07, 6.45) is 2.15. The van der Waals surface area contributed by atoms with Gasteiger partial charge >= 0.3 is 0 Å². The first-order chi connectivity index (χ1) is 8.22. The van der Waals surface area contributed by atoms with Crippen LogP contribution in [-0.4, -0.2) is 32.4 Å². The molecule has 3 nitrogen and oxygen atoms in total. The van der Waals surface area contributed by atoms with E-state index in [0.29, 0.717) is 0 Å². The van der Waals surface area contributed by atoms with Crippen molar-refractivity contribution in [3.63, 3.8) is 0 Å². The molecule has 1 aromatic carbocycles. The second kappa shape index (κ2) is 5.52. The lowest BCUT2D eigenvalue weighted by Gasteiger charge is -2.23. The van der Waals surface area contributed by atoms with Crippen LogP contribution in [0.25, 0.3) is 0 Å². The van der Waals surface area contributed by atoms with Crippen molar-refractivity contribution in [3.05, 3.63) is 29.8 Å². The van der Waals surface area contributed by atoms with Gasteiger partial charge < -0.3 is 14.8 Å². The summed E-state index contributed by atoms with van der Waals surface area (Å²) in [6.45, 7) is 4.93.